The maximum atomic E-state index is 10.9. The van der Waals surface area contributed by atoms with Crippen LogP contribution in [-0.4, -0.2) is 42.5 Å². The fourth-order valence-corrected chi connectivity index (χ4v) is 3.34. The van der Waals surface area contributed by atoms with Gasteiger partial charge >= 0.3 is 0 Å². The molecule has 1 amide bonds. The van der Waals surface area contributed by atoms with Crippen molar-refractivity contribution < 1.29 is 4.79 Å². The Hall–Kier alpha value is -0.610. The zero-order chi connectivity index (χ0) is 13.0. The summed E-state index contributed by atoms with van der Waals surface area (Å²) >= 11 is 0. The number of primary amides is 1. The second kappa shape index (κ2) is 6.53. The molecule has 2 unspecified atom stereocenters. The molecule has 1 aliphatic heterocycles. The van der Waals surface area contributed by atoms with Crippen LogP contribution in [0.1, 0.15) is 45.4 Å². The maximum Gasteiger partial charge on any atom is 0.231 e. The van der Waals surface area contributed by atoms with Crippen molar-refractivity contribution in [3.63, 3.8) is 0 Å². The molecule has 1 saturated carbocycles. The molecule has 0 aromatic carbocycles. The fourth-order valence-electron chi connectivity index (χ4n) is 3.34. The van der Waals surface area contributed by atoms with Gasteiger partial charge in [-0.1, -0.05) is 19.8 Å². The van der Waals surface area contributed by atoms with Crippen molar-refractivity contribution in [1.29, 1.82) is 0 Å². The summed E-state index contributed by atoms with van der Waals surface area (Å²) in [6.07, 6.45) is 7.78. The van der Waals surface area contributed by atoms with E-state index in [1.807, 2.05) is 0 Å². The van der Waals surface area contributed by atoms with Crippen molar-refractivity contribution in [2.75, 3.05) is 19.6 Å². The number of carbonyl (C=O) groups is 1. The molecule has 0 radical (unpaired) electrons. The minimum Gasteiger partial charge on any atom is -0.369 e. The topological polar surface area (TPSA) is 58.4 Å². The molecule has 4 heteroatoms. The van der Waals surface area contributed by atoms with E-state index in [1.54, 1.807) is 0 Å². The monoisotopic (exact) mass is 253 g/mol. The van der Waals surface area contributed by atoms with Crippen LogP contribution in [0.2, 0.25) is 0 Å². The molecular weight excluding hydrogens is 226 g/mol. The van der Waals surface area contributed by atoms with Crippen LogP contribution in [-0.2, 0) is 4.79 Å². The van der Waals surface area contributed by atoms with Gasteiger partial charge in [-0.3, -0.25) is 9.69 Å². The zero-order valence-corrected chi connectivity index (χ0v) is 11.5. The second-order valence-electron chi connectivity index (χ2n) is 6.05. The SMILES string of the molecule is CC1CCCCC1NC1CCN(CC(N)=O)CC1. The number of nitrogens with zero attached hydrogens (tertiary/aromatic N) is 1. The lowest BCUT2D eigenvalue weighted by Crippen LogP contribution is -2.49. The summed E-state index contributed by atoms with van der Waals surface area (Å²) in [5.41, 5.74) is 5.23. The van der Waals surface area contributed by atoms with Crippen molar-refractivity contribution in [1.82, 2.24) is 10.2 Å². The van der Waals surface area contributed by atoms with Gasteiger partial charge in [0, 0.05) is 25.2 Å². The molecule has 2 fully saturated rings. The van der Waals surface area contributed by atoms with Crippen LogP contribution in [0.4, 0.5) is 0 Å². The number of nitrogens with one attached hydrogen (secondary N) is 1. The summed E-state index contributed by atoms with van der Waals surface area (Å²) in [6.45, 7) is 4.80. The average Bonchev–Trinajstić information content (AvgIpc) is 2.34. The number of hydrogen-bond acceptors (Lipinski definition) is 3. The summed E-state index contributed by atoms with van der Waals surface area (Å²) in [5.74, 6) is 0.615. The quantitative estimate of drug-likeness (QED) is 0.789. The predicted molar refractivity (Wildman–Crippen MR) is 73.2 cm³/mol. The highest BCUT2D eigenvalue weighted by Gasteiger charge is 2.26. The first kappa shape index (κ1) is 13.8. The van der Waals surface area contributed by atoms with Gasteiger partial charge in [-0.05, 0) is 31.6 Å². The number of piperidine rings is 1. The van der Waals surface area contributed by atoms with Crippen molar-refractivity contribution in [2.45, 2.75) is 57.5 Å². The molecule has 2 rings (SSSR count). The van der Waals surface area contributed by atoms with Crippen molar-refractivity contribution in [3.8, 4) is 0 Å². The molecule has 18 heavy (non-hydrogen) atoms. The van der Waals surface area contributed by atoms with Crippen LogP contribution >= 0.6 is 0 Å². The van der Waals surface area contributed by atoms with E-state index in [0.717, 1.165) is 31.8 Å². The molecule has 2 atom stereocenters. The van der Waals surface area contributed by atoms with E-state index in [9.17, 15) is 4.79 Å². The molecule has 3 N–H and O–H groups in total. The summed E-state index contributed by atoms with van der Waals surface area (Å²) in [4.78, 5) is 13.0. The zero-order valence-electron chi connectivity index (χ0n) is 11.5. The Balaban J connectivity index is 1.71. The van der Waals surface area contributed by atoms with Gasteiger partial charge in [0.1, 0.15) is 0 Å². The number of rotatable bonds is 4. The highest BCUT2D eigenvalue weighted by atomic mass is 16.1. The highest BCUT2D eigenvalue weighted by molar-refractivity contribution is 5.75. The number of amides is 1. The molecular formula is C14H27N3O. The first-order valence-corrected chi connectivity index (χ1v) is 7.42. The lowest BCUT2D eigenvalue weighted by Gasteiger charge is -2.37. The second-order valence-corrected chi connectivity index (χ2v) is 6.05. The first-order chi connectivity index (χ1) is 8.65. The first-order valence-electron chi connectivity index (χ1n) is 7.42. The van der Waals surface area contributed by atoms with Crippen LogP contribution in [0.5, 0.6) is 0 Å². The van der Waals surface area contributed by atoms with Gasteiger partial charge in [-0.25, -0.2) is 0 Å². The molecule has 0 aromatic rings. The average molecular weight is 253 g/mol. The fraction of sp³-hybridized carbons (Fsp3) is 0.929. The van der Waals surface area contributed by atoms with E-state index in [1.165, 1.54) is 25.7 Å². The minimum atomic E-state index is -0.206. The van der Waals surface area contributed by atoms with Gasteiger partial charge in [0.15, 0.2) is 0 Å². The van der Waals surface area contributed by atoms with Gasteiger partial charge in [-0.2, -0.15) is 0 Å². The minimum absolute atomic E-state index is 0.206. The van der Waals surface area contributed by atoms with Gasteiger partial charge in [0.05, 0.1) is 6.54 Å². The predicted octanol–water partition coefficient (Wildman–Crippen LogP) is 1.10. The smallest absolute Gasteiger partial charge is 0.231 e. The van der Waals surface area contributed by atoms with Gasteiger partial charge in [0.2, 0.25) is 5.91 Å². The summed E-state index contributed by atoms with van der Waals surface area (Å²) in [5, 5.41) is 3.84. The Kier molecular flexibility index (Phi) is 5.01. The third-order valence-electron chi connectivity index (χ3n) is 4.53. The Morgan fingerprint density at radius 1 is 1.22 bits per heavy atom. The van der Waals surface area contributed by atoms with Crippen LogP contribution in [0.25, 0.3) is 0 Å². The Bertz CT molecular complexity index is 274. The van der Waals surface area contributed by atoms with Gasteiger partial charge < -0.3 is 11.1 Å². The standard InChI is InChI=1S/C14H27N3O/c1-11-4-2-3-5-13(11)16-12-6-8-17(9-7-12)10-14(15)18/h11-13,16H,2-10H2,1H3,(H2,15,18). The van der Waals surface area contributed by atoms with E-state index in [2.05, 4.69) is 17.1 Å². The number of hydrogen-bond donors (Lipinski definition) is 2. The normalized spacial score (nSPS) is 31.4. The highest BCUT2D eigenvalue weighted by Crippen LogP contribution is 2.25. The number of carbonyl (C=O) groups excluding carboxylic acids is 1. The molecule has 1 heterocycles. The van der Waals surface area contributed by atoms with E-state index in [0.29, 0.717) is 18.6 Å². The summed E-state index contributed by atoms with van der Waals surface area (Å²) in [6, 6.07) is 1.35. The third-order valence-corrected chi connectivity index (χ3v) is 4.53. The number of likely N-dealkylation sites (tertiary alicyclic amines) is 1. The largest absolute Gasteiger partial charge is 0.369 e. The molecule has 0 bridgehead atoms. The Labute approximate surface area is 110 Å². The van der Waals surface area contributed by atoms with Crippen molar-refractivity contribution >= 4 is 5.91 Å². The Morgan fingerprint density at radius 3 is 2.50 bits per heavy atom. The molecule has 104 valence electrons. The molecule has 4 nitrogen and oxygen atoms in total. The molecule has 0 spiro atoms. The van der Waals surface area contributed by atoms with Crippen molar-refractivity contribution in [2.24, 2.45) is 11.7 Å². The molecule has 0 aromatic heterocycles. The lowest BCUT2D eigenvalue weighted by molar-refractivity contribution is -0.119. The maximum absolute atomic E-state index is 10.9. The van der Waals surface area contributed by atoms with E-state index in [-0.39, 0.29) is 5.91 Å². The van der Waals surface area contributed by atoms with Gasteiger partial charge in [-0.15, -0.1) is 0 Å². The third kappa shape index (κ3) is 3.95. The van der Waals surface area contributed by atoms with Gasteiger partial charge in [0.25, 0.3) is 0 Å². The Morgan fingerprint density at radius 2 is 1.89 bits per heavy atom. The van der Waals surface area contributed by atoms with Crippen LogP contribution in [0.3, 0.4) is 0 Å². The molecule has 1 aliphatic carbocycles. The van der Waals surface area contributed by atoms with Crippen molar-refractivity contribution in [3.05, 3.63) is 0 Å². The lowest BCUT2D eigenvalue weighted by atomic mass is 9.85. The summed E-state index contributed by atoms with van der Waals surface area (Å²) in [7, 11) is 0. The summed E-state index contributed by atoms with van der Waals surface area (Å²) < 4.78 is 0. The van der Waals surface area contributed by atoms with E-state index >= 15 is 0 Å². The molecule has 2 aliphatic rings. The van der Waals surface area contributed by atoms with Crippen LogP contribution < -0.4 is 11.1 Å². The van der Waals surface area contributed by atoms with E-state index in [4.69, 9.17) is 5.73 Å². The van der Waals surface area contributed by atoms with E-state index < -0.39 is 0 Å². The van der Waals surface area contributed by atoms with Crippen LogP contribution in [0.15, 0.2) is 0 Å². The molecule has 1 saturated heterocycles. The number of nitrogens with two attached hydrogens (primary N) is 1. The van der Waals surface area contributed by atoms with Crippen LogP contribution in [0, 0.1) is 5.92 Å².